The molecule has 0 unspecified atom stereocenters. The van der Waals surface area contributed by atoms with Gasteiger partial charge in [0.1, 0.15) is 11.6 Å². The third-order valence-corrected chi connectivity index (χ3v) is 2.89. The van der Waals surface area contributed by atoms with Crippen LogP contribution in [0, 0.1) is 5.82 Å². The van der Waals surface area contributed by atoms with Crippen molar-refractivity contribution in [3.63, 3.8) is 0 Å². The smallest absolute Gasteiger partial charge is 0.293 e. The average molecular weight is 276 g/mol. The van der Waals surface area contributed by atoms with E-state index in [2.05, 4.69) is 15.2 Å². The second-order valence-electron chi connectivity index (χ2n) is 4.64. The first-order valence-electron chi connectivity index (χ1n) is 6.51. The zero-order valence-electron chi connectivity index (χ0n) is 11.6. The van der Waals surface area contributed by atoms with Crippen molar-refractivity contribution in [3.8, 4) is 0 Å². The maximum atomic E-state index is 12.8. The zero-order chi connectivity index (χ0) is 14.5. The van der Waals surface area contributed by atoms with E-state index < -0.39 is 0 Å². The van der Waals surface area contributed by atoms with Crippen LogP contribution in [-0.2, 0) is 13.0 Å². The summed E-state index contributed by atoms with van der Waals surface area (Å²) < 4.78 is 12.8. The van der Waals surface area contributed by atoms with Crippen molar-refractivity contribution in [1.82, 2.24) is 20.1 Å². The van der Waals surface area contributed by atoms with Crippen molar-refractivity contribution in [1.29, 1.82) is 0 Å². The predicted molar refractivity (Wildman–Crippen MR) is 72.6 cm³/mol. The summed E-state index contributed by atoms with van der Waals surface area (Å²) in [5, 5.41) is 6.68. The number of aryl methyl sites for hydroxylation is 1. The van der Waals surface area contributed by atoms with E-state index in [0.717, 1.165) is 18.4 Å². The van der Waals surface area contributed by atoms with Gasteiger partial charge in [0.2, 0.25) is 5.82 Å². The van der Waals surface area contributed by atoms with Crippen molar-refractivity contribution in [2.45, 2.75) is 26.3 Å². The number of carbonyl (C=O) groups is 1. The van der Waals surface area contributed by atoms with E-state index in [0.29, 0.717) is 12.4 Å². The first-order valence-corrected chi connectivity index (χ1v) is 6.51. The number of aromatic nitrogens is 3. The van der Waals surface area contributed by atoms with Gasteiger partial charge >= 0.3 is 0 Å². The van der Waals surface area contributed by atoms with E-state index in [-0.39, 0.29) is 17.5 Å². The Morgan fingerprint density at radius 1 is 1.35 bits per heavy atom. The Labute approximate surface area is 116 Å². The molecule has 2 rings (SSSR count). The number of carbonyl (C=O) groups excluding carboxylic acids is 1. The van der Waals surface area contributed by atoms with Gasteiger partial charge in [-0.1, -0.05) is 19.1 Å². The second-order valence-corrected chi connectivity index (χ2v) is 4.64. The molecule has 0 aliphatic rings. The first kappa shape index (κ1) is 14.2. The number of H-pyrrole nitrogens is 1. The maximum absolute atomic E-state index is 12.8. The highest BCUT2D eigenvalue weighted by atomic mass is 19.1. The van der Waals surface area contributed by atoms with E-state index in [1.165, 1.54) is 17.0 Å². The lowest BCUT2D eigenvalue weighted by molar-refractivity contribution is 0.0773. The van der Waals surface area contributed by atoms with Crippen LogP contribution in [0.25, 0.3) is 0 Å². The Morgan fingerprint density at radius 3 is 2.70 bits per heavy atom. The van der Waals surface area contributed by atoms with Crippen LogP contribution >= 0.6 is 0 Å². The molecule has 0 atom stereocenters. The lowest BCUT2D eigenvalue weighted by atomic mass is 10.2. The zero-order valence-corrected chi connectivity index (χ0v) is 11.6. The number of amides is 1. The summed E-state index contributed by atoms with van der Waals surface area (Å²) in [7, 11) is 1.67. The normalized spacial score (nSPS) is 10.6. The predicted octanol–water partition coefficient (Wildman–Crippen LogP) is 2.17. The molecule has 2 aromatic rings. The largest absolute Gasteiger partial charge is 0.335 e. The number of hydrogen-bond acceptors (Lipinski definition) is 3. The fourth-order valence-corrected chi connectivity index (χ4v) is 1.85. The SMILES string of the molecule is CCCc1nc(C(=O)N(C)Cc2ccc(F)cc2)n[nH]1. The molecular formula is C14H17FN4O. The Morgan fingerprint density at radius 2 is 2.05 bits per heavy atom. The minimum Gasteiger partial charge on any atom is -0.335 e. The average Bonchev–Trinajstić information content (AvgIpc) is 2.89. The number of hydrogen-bond donors (Lipinski definition) is 1. The van der Waals surface area contributed by atoms with Crippen LogP contribution < -0.4 is 0 Å². The van der Waals surface area contributed by atoms with Gasteiger partial charge in [-0.2, -0.15) is 0 Å². The van der Waals surface area contributed by atoms with Gasteiger partial charge in [-0.15, -0.1) is 5.10 Å². The summed E-state index contributed by atoms with van der Waals surface area (Å²) in [6.45, 7) is 2.42. The molecule has 1 amide bonds. The molecule has 0 radical (unpaired) electrons. The molecule has 0 aliphatic carbocycles. The summed E-state index contributed by atoms with van der Waals surface area (Å²) in [6.07, 6.45) is 1.70. The van der Waals surface area contributed by atoms with Crippen LogP contribution in [0.4, 0.5) is 4.39 Å². The monoisotopic (exact) mass is 276 g/mol. The summed E-state index contributed by atoms with van der Waals surface area (Å²) >= 11 is 0. The molecule has 1 aromatic heterocycles. The van der Waals surface area contributed by atoms with Gasteiger partial charge in [-0.05, 0) is 24.1 Å². The minimum atomic E-state index is -0.291. The molecule has 0 aliphatic heterocycles. The van der Waals surface area contributed by atoms with Gasteiger partial charge in [0.05, 0.1) is 0 Å². The number of benzene rings is 1. The van der Waals surface area contributed by atoms with Crippen molar-refractivity contribution in [2.24, 2.45) is 0 Å². The van der Waals surface area contributed by atoms with Gasteiger partial charge < -0.3 is 4.90 Å². The van der Waals surface area contributed by atoms with Crippen LogP contribution in [0.1, 0.15) is 35.4 Å². The summed E-state index contributed by atoms with van der Waals surface area (Å²) in [4.78, 5) is 17.8. The van der Waals surface area contributed by atoms with Crippen molar-refractivity contribution in [3.05, 3.63) is 47.3 Å². The molecule has 106 valence electrons. The molecule has 20 heavy (non-hydrogen) atoms. The highest BCUT2D eigenvalue weighted by Gasteiger charge is 2.17. The molecule has 0 saturated carbocycles. The van der Waals surface area contributed by atoms with Crippen LogP contribution in [0.3, 0.4) is 0 Å². The molecule has 6 heteroatoms. The second kappa shape index (κ2) is 6.27. The Balaban J connectivity index is 2.02. The van der Waals surface area contributed by atoms with Gasteiger partial charge in [0, 0.05) is 20.0 Å². The molecule has 1 heterocycles. The molecule has 1 N–H and O–H groups in total. The van der Waals surface area contributed by atoms with Crippen molar-refractivity contribution in [2.75, 3.05) is 7.05 Å². The molecule has 1 aromatic carbocycles. The van der Waals surface area contributed by atoms with E-state index in [1.807, 2.05) is 6.92 Å². The summed E-state index contributed by atoms with van der Waals surface area (Å²) in [5.74, 6) is 0.331. The number of halogens is 1. The van der Waals surface area contributed by atoms with E-state index in [4.69, 9.17) is 0 Å². The van der Waals surface area contributed by atoms with Gasteiger partial charge in [-0.25, -0.2) is 9.37 Å². The fourth-order valence-electron chi connectivity index (χ4n) is 1.85. The summed E-state index contributed by atoms with van der Waals surface area (Å²) in [5.41, 5.74) is 0.853. The highest BCUT2D eigenvalue weighted by molar-refractivity contribution is 5.90. The van der Waals surface area contributed by atoms with Crippen LogP contribution in [0.5, 0.6) is 0 Å². The van der Waals surface area contributed by atoms with Gasteiger partial charge in [-0.3, -0.25) is 9.89 Å². The standard InChI is InChI=1S/C14H17FN4O/c1-3-4-12-16-13(18-17-12)14(20)19(2)9-10-5-7-11(15)8-6-10/h5-8H,3-4,9H2,1-2H3,(H,16,17,18). The van der Waals surface area contributed by atoms with E-state index in [9.17, 15) is 9.18 Å². The topological polar surface area (TPSA) is 61.9 Å². The van der Waals surface area contributed by atoms with Gasteiger partial charge in [0.25, 0.3) is 5.91 Å². The fraction of sp³-hybridized carbons (Fsp3) is 0.357. The molecule has 0 saturated heterocycles. The minimum absolute atomic E-state index is 0.165. The van der Waals surface area contributed by atoms with E-state index >= 15 is 0 Å². The molecule has 0 spiro atoms. The Kier molecular flexibility index (Phi) is 4.45. The third kappa shape index (κ3) is 3.40. The number of aromatic amines is 1. The van der Waals surface area contributed by atoms with E-state index in [1.54, 1.807) is 19.2 Å². The Bertz CT molecular complexity index is 579. The molecule has 0 fully saturated rings. The highest BCUT2D eigenvalue weighted by Crippen LogP contribution is 2.08. The molecule has 5 nitrogen and oxygen atoms in total. The molecular weight excluding hydrogens is 259 g/mol. The Hall–Kier alpha value is -2.24. The number of nitrogens with one attached hydrogen (secondary N) is 1. The quantitative estimate of drug-likeness (QED) is 0.910. The van der Waals surface area contributed by atoms with Gasteiger partial charge in [0.15, 0.2) is 0 Å². The van der Waals surface area contributed by atoms with Crippen LogP contribution in [0.2, 0.25) is 0 Å². The van der Waals surface area contributed by atoms with Crippen LogP contribution in [0.15, 0.2) is 24.3 Å². The van der Waals surface area contributed by atoms with Crippen molar-refractivity contribution < 1.29 is 9.18 Å². The number of rotatable bonds is 5. The lowest BCUT2D eigenvalue weighted by Gasteiger charge is -2.15. The third-order valence-electron chi connectivity index (χ3n) is 2.89. The first-order chi connectivity index (χ1) is 9.60. The maximum Gasteiger partial charge on any atom is 0.293 e. The lowest BCUT2D eigenvalue weighted by Crippen LogP contribution is -2.27. The number of nitrogens with zero attached hydrogens (tertiary/aromatic N) is 3. The van der Waals surface area contributed by atoms with Crippen LogP contribution in [-0.4, -0.2) is 33.0 Å². The van der Waals surface area contributed by atoms with Crippen molar-refractivity contribution >= 4 is 5.91 Å². The summed E-state index contributed by atoms with van der Waals surface area (Å²) in [6, 6.07) is 6.05. The molecule has 0 bridgehead atoms.